The Morgan fingerprint density at radius 1 is 1.07 bits per heavy atom. The third kappa shape index (κ3) is 3.52. The average Bonchev–Trinajstić information content (AvgIpc) is 3.08. The van der Waals surface area contributed by atoms with Crippen molar-refractivity contribution in [2.75, 3.05) is 10.6 Å². The molecule has 136 valence electrons. The number of para-hydroxylation sites is 1. The Bertz CT molecular complexity index is 1040. The molecule has 0 fully saturated rings. The van der Waals surface area contributed by atoms with Gasteiger partial charge in [0.25, 0.3) is 5.91 Å². The first kappa shape index (κ1) is 16.8. The van der Waals surface area contributed by atoms with Crippen LogP contribution < -0.4 is 16.0 Å². The molecule has 0 saturated heterocycles. The van der Waals surface area contributed by atoms with E-state index in [1.807, 2.05) is 30.5 Å². The van der Waals surface area contributed by atoms with Gasteiger partial charge in [-0.3, -0.25) is 14.4 Å². The number of hydrogen-bond acceptors (Lipinski definition) is 3. The number of H-pyrrole nitrogens is 1. The number of fused-ring (bicyclic) bond motifs is 2. The maximum Gasteiger partial charge on any atom is 0.254 e. The van der Waals surface area contributed by atoms with Gasteiger partial charge in [0.2, 0.25) is 11.8 Å². The fraction of sp³-hybridized carbons (Fsp3) is 0.150. The largest absolute Gasteiger partial charge is 0.361 e. The van der Waals surface area contributed by atoms with Crippen molar-refractivity contribution >= 4 is 40.0 Å². The molecule has 7 heteroatoms. The maximum absolute atomic E-state index is 12.3. The number of hydrogen-bond donors (Lipinski definition) is 4. The summed E-state index contributed by atoms with van der Waals surface area (Å²) in [4.78, 5) is 40.0. The number of aromatic nitrogens is 1. The van der Waals surface area contributed by atoms with Crippen LogP contribution in [0.4, 0.5) is 11.4 Å². The van der Waals surface area contributed by atoms with E-state index in [9.17, 15) is 14.4 Å². The van der Waals surface area contributed by atoms with Gasteiger partial charge in [0.1, 0.15) is 6.04 Å². The summed E-state index contributed by atoms with van der Waals surface area (Å²) in [7, 11) is 0. The molecule has 0 unspecified atom stereocenters. The molecule has 4 rings (SSSR count). The number of nitrogens with one attached hydrogen (secondary N) is 4. The Balaban J connectivity index is 1.38. The Hall–Kier alpha value is -3.61. The Labute approximate surface area is 155 Å². The minimum Gasteiger partial charge on any atom is -0.361 e. The van der Waals surface area contributed by atoms with Crippen LogP contribution in [0.2, 0.25) is 0 Å². The minimum absolute atomic E-state index is 0.109. The van der Waals surface area contributed by atoms with Crippen LogP contribution in [0, 0.1) is 0 Å². The number of aromatic amines is 1. The molecule has 3 aromatic rings. The van der Waals surface area contributed by atoms with E-state index in [0.29, 0.717) is 16.9 Å². The molecule has 3 amide bonds. The molecule has 1 aromatic heterocycles. The summed E-state index contributed by atoms with van der Waals surface area (Å²) in [5.74, 6) is -0.870. The van der Waals surface area contributed by atoms with Crippen molar-refractivity contribution in [1.29, 1.82) is 0 Å². The first-order valence-corrected chi connectivity index (χ1v) is 8.68. The molecule has 1 aliphatic heterocycles. The van der Waals surface area contributed by atoms with E-state index in [1.54, 1.807) is 24.3 Å². The quantitative estimate of drug-likeness (QED) is 0.574. The normalized spacial score (nSPS) is 16.2. The number of rotatable bonds is 4. The summed E-state index contributed by atoms with van der Waals surface area (Å²) in [6.07, 6.45) is 2.15. The zero-order chi connectivity index (χ0) is 18.8. The molecule has 7 nitrogen and oxygen atoms in total. The highest BCUT2D eigenvalue weighted by Crippen LogP contribution is 2.20. The summed E-state index contributed by atoms with van der Waals surface area (Å²) in [6, 6.07) is 13.6. The average molecular weight is 362 g/mol. The molecule has 0 spiro atoms. The summed E-state index contributed by atoms with van der Waals surface area (Å²) in [5.41, 5.74) is 2.50. The molecule has 4 N–H and O–H groups in total. The van der Waals surface area contributed by atoms with Crippen LogP contribution in [0.1, 0.15) is 23.2 Å². The second-order valence-electron chi connectivity index (χ2n) is 6.43. The van der Waals surface area contributed by atoms with E-state index in [-0.39, 0.29) is 30.6 Å². The lowest BCUT2D eigenvalue weighted by Gasteiger charge is -2.14. The third-order valence-corrected chi connectivity index (χ3v) is 4.55. The Morgan fingerprint density at radius 3 is 2.81 bits per heavy atom. The predicted octanol–water partition coefficient (Wildman–Crippen LogP) is 2.64. The van der Waals surface area contributed by atoms with Crippen molar-refractivity contribution in [2.45, 2.75) is 18.9 Å². The molecule has 1 aliphatic rings. The van der Waals surface area contributed by atoms with E-state index in [1.165, 1.54) is 0 Å². The van der Waals surface area contributed by atoms with Gasteiger partial charge >= 0.3 is 0 Å². The van der Waals surface area contributed by atoms with Crippen molar-refractivity contribution in [3.05, 3.63) is 60.3 Å². The number of benzene rings is 2. The van der Waals surface area contributed by atoms with Crippen LogP contribution in [0.3, 0.4) is 0 Å². The van der Waals surface area contributed by atoms with Crippen molar-refractivity contribution in [3.8, 4) is 0 Å². The van der Waals surface area contributed by atoms with E-state index < -0.39 is 6.04 Å². The smallest absolute Gasteiger partial charge is 0.254 e. The van der Waals surface area contributed by atoms with E-state index in [0.717, 1.165) is 10.9 Å². The van der Waals surface area contributed by atoms with Gasteiger partial charge < -0.3 is 20.9 Å². The first-order chi connectivity index (χ1) is 13.1. The second-order valence-corrected chi connectivity index (χ2v) is 6.43. The standard InChI is InChI=1S/C20H18N4O3/c25-18(22-13-6-5-12-9-10-21-17(12)11-13)8-7-16-20(27)23-15-4-2-1-3-14(15)19(26)24-16/h1-6,9-11,16,21H,7-8H2,(H,22,25)(H,23,27)(H,24,26)/t16-/m0/s1. The van der Waals surface area contributed by atoms with Gasteiger partial charge in [0.05, 0.1) is 11.3 Å². The van der Waals surface area contributed by atoms with Crippen LogP contribution in [-0.2, 0) is 9.59 Å². The summed E-state index contributed by atoms with van der Waals surface area (Å²) in [6.45, 7) is 0. The fourth-order valence-electron chi connectivity index (χ4n) is 3.14. The molecular weight excluding hydrogens is 344 g/mol. The van der Waals surface area contributed by atoms with Gasteiger partial charge in [-0.15, -0.1) is 0 Å². The van der Waals surface area contributed by atoms with Crippen molar-refractivity contribution in [2.24, 2.45) is 0 Å². The predicted molar refractivity (Wildman–Crippen MR) is 102 cm³/mol. The molecule has 0 bridgehead atoms. The number of anilines is 2. The topological polar surface area (TPSA) is 103 Å². The van der Waals surface area contributed by atoms with Crippen molar-refractivity contribution < 1.29 is 14.4 Å². The second kappa shape index (κ2) is 6.95. The van der Waals surface area contributed by atoms with Crippen LogP contribution >= 0.6 is 0 Å². The highest BCUT2D eigenvalue weighted by molar-refractivity contribution is 6.10. The molecule has 2 aromatic carbocycles. The van der Waals surface area contributed by atoms with Crippen molar-refractivity contribution in [3.63, 3.8) is 0 Å². The summed E-state index contributed by atoms with van der Waals surface area (Å²) < 4.78 is 0. The van der Waals surface area contributed by atoms with Crippen LogP contribution in [0.25, 0.3) is 10.9 Å². The molecule has 0 radical (unpaired) electrons. The van der Waals surface area contributed by atoms with E-state index >= 15 is 0 Å². The van der Waals surface area contributed by atoms with Gasteiger partial charge in [0, 0.05) is 23.8 Å². The molecule has 1 atom stereocenters. The summed E-state index contributed by atoms with van der Waals surface area (Å²) >= 11 is 0. The number of carbonyl (C=O) groups is 3. The van der Waals surface area contributed by atoms with Gasteiger partial charge in [-0.05, 0) is 42.1 Å². The van der Waals surface area contributed by atoms with Crippen LogP contribution in [0.5, 0.6) is 0 Å². The monoisotopic (exact) mass is 362 g/mol. The number of carbonyl (C=O) groups excluding carboxylic acids is 3. The first-order valence-electron chi connectivity index (χ1n) is 8.68. The van der Waals surface area contributed by atoms with Gasteiger partial charge in [-0.25, -0.2) is 0 Å². The van der Waals surface area contributed by atoms with Gasteiger partial charge in [-0.1, -0.05) is 18.2 Å². The van der Waals surface area contributed by atoms with E-state index in [4.69, 9.17) is 0 Å². The molecule has 0 saturated carbocycles. The van der Waals surface area contributed by atoms with E-state index in [2.05, 4.69) is 20.9 Å². The highest BCUT2D eigenvalue weighted by Gasteiger charge is 2.27. The van der Waals surface area contributed by atoms with Crippen LogP contribution in [-0.4, -0.2) is 28.7 Å². The van der Waals surface area contributed by atoms with Crippen molar-refractivity contribution in [1.82, 2.24) is 10.3 Å². The van der Waals surface area contributed by atoms with Gasteiger partial charge in [-0.2, -0.15) is 0 Å². The molecule has 2 heterocycles. The SMILES string of the molecule is O=C(CC[C@@H]1NC(=O)c2ccccc2NC1=O)Nc1ccc2cc[nH]c2c1. The lowest BCUT2D eigenvalue weighted by atomic mass is 10.1. The lowest BCUT2D eigenvalue weighted by Crippen LogP contribution is -2.41. The molecule has 0 aliphatic carbocycles. The minimum atomic E-state index is -0.762. The third-order valence-electron chi connectivity index (χ3n) is 4.55. The fourth-order valence-corrected chi connectivity index (χ4v) is 3.14. The lowest BCUT2D eigenvalue weighted by molar-refractivity contribution is -0.118. The summed E-state index contributed by atoms with van der Waals surface area (Å²) in [5, 5.41) is 9.30. The van der Waals surface area contributed by atoms with Gasteiger partial charge in [0.15, 0.2) is 0 Å². The highest BCUT2D eigenvalue weighted by atomic mass is 16.2. The maximum atomic E-state index is 12.3. The molecule has 27 heavy (non-hydrogen) atoms. The zero-order valence-corrected chi connectivity index (χ0v) is 14.4. The van der Waals surface area contributed by atoms with Crippen LogP contribution in [0.15, 0.2) is 54.7 Å². The Morgan fingerprint density at radius 2 is 1.93 bits per heavy atom. The number of amides is 3. The Kier molecular flexibility index (Phi) is 4.33. The zero-order valence-electron chi connectivity index (χ0n) is 14.4. The molecular formula is C20H18N4O3.